The lowest BCUT2D eigenvalue weighted by atomic mass is 9.87. The maximum atomic E-state index is 12.0. The second-order valence-electron chi connectivity index (χ2n) is 6.33. The lowest BCUT2D eigenvalue weighted by Crippen LogP contribution is -2.69. The largest absolute Gasteiger partial charge is 0.477 e. The fourth-order valence-corrected chi connectivity index (χ4v) is 2.80. The average molecular weight is 378 g/mol. The predicted molar refractivity (Wildman–Crippen MR) is 85.6 cm³/mol. The van der Waals surface area contributed by atoms with Gasteiger partial charge in [0.1, 0.15) is 6.10 Å². The topological polar surface area (TPSA) is 186 Å². The minimum Gasteiger partial charge on any atom is -0.477 e. The van der Waals surface area contributed by atoms with Crippen LogP contribution in [0.5, 0.6) is 0 Å². The van der Waals surface area contributed by atoms with Crippen LogP contribution in [-0.2, 0) is 19.1 Å². The summed E-state index contributed by atoms with van der Waals surface area (Å²) in [4.78, 5) is 34.7. The van der Waals surface area contributed by atoms with Gasteiger partial charge in [-0.05, 0) is 13.3 Å². The molecule has 1 fully saturated rings. The zero-order valence-corrected chi connectivity index (χ0v) is 14.6. The highest BCUT2D eigenvalue weighted by Crippen LogP contribution is 2.30. The summed E-state index contributed by atoms with van der Waals surface area (Å²) in [6, 6.07) is -2.41. The van der Waals surface area contributed by atoms with E-state index in [1.54, 1.807) is 0 Å². The van der Waals surface area contributed by atoms with Gasteiger partial charge in [-0.2, -0.15) is 0 Å². The van der Waals surface area contributed by atoms with E-state index in [1.165, 1.54) is 6.92 Å². The molecule has 1 aliphatic rings. The zero-order valence-electron chi connectivity index (χ0n) is 14.6. The molecule has 0 aromatic heterocycles. The summed E-state index contributed by atoms with van der Waals surface area (Å²) in [6.45, 7) is 2.24. The van der Waals surface area contributed by atoms with Crippen molar-refractivity contribution >= 4 is 17.8 Å². The number of hydrogen-bond donors (Lipinski definition) is 7. The Kier molecular flexibility index (Phi) is 7.90. The third kappa shape index (κ3) is 5.61. The number of rotatable bonds is 8. The minimum absolute atomic E-state index is 0.0604. The van der Waals surface area contributed by atoms with Gasteiger partial charge in [-0.3, -0.25) is 9.59 Å². The number of carboxylic acids is 1. The SMILES string of the molecule is CC(=O)N[C@@H]([C@@H]1O[C@](O)(C(=O)O)C[C@H](O)[C@H]1NC(=O)CCCO)[C@H](C)O. The third-order valence-corrected chi connectivity index (χ3v) is 4.05. The van der Waals surface area contributed by atoms with E-state index in [1.807, 2.05) is 0 Å². The molecule has 0 radical (unpaired) electrons. The number of nitrogens with one attached hydrogen (secondary N) is 2. The van der Waals surface area contributed by atoms with Crippen LogP contribution in [0.25, 0.3) is 0 Å². The van der Waals surface area contributed by atoms with Gasteiger partial charge < -0.3 is 40.9 Å². The Balaban J connectivity index is 3.15. The van der Waals surface area contributed by atoms with E-state index in [0.717, 1.165) is 6.92 Å². The lowest BCUT2D eigenvalue weighted by molar-refractivity contribution is -0.283. The van der Waals surface area contributed by atoms with E-state index >= 15 is 0 Å². The number of carbonyl (C=O) groups is 3. The molecule has 1 heterocycles. The monoisotopic (exact) mass is 378 g/mol. The zero-order chi connectivity index (χ0) is 20.1. The van der Waals surface area contributed by atoms with E-state index in [9.17, 15) is 29.7 Å². The first-order valence-corrected chi connectivity index (χ1v) is 8.19. The minimum atomic E-state index is -2.75. The maximum absolute atomic E-state index is 12.0. The Bertz CT molecular complexity index is 527. The summed E-state index contributed by atoms with van der Waals surface area (Å²) in [7, 11) is 0. The number of aliphatic carboxylic acids is 1. The summed E-state index contributed by atoms with van der Waals surface area (Å²) in [5, 5.41) is 53.1. The molecule has 0 bridgehead atoms. The summed E-state index contributed by atoms with van der Waals surface area (Å²) >= 11 is 0. The number of amides is 2. The van der Waals surface area contributed by atoms with E-state index in [-0.39, 0.29) is 19.4 Å². The van der Waals surface area contributed by atoms with E-state index < -0.39 is 60.4 Å². The number of carbonyl (C=O) groups excluding carboxylic acids is 2. The Hall–Kier alpha value is -1.79. The van der Waals surface area contributed by atoms with Gasteiger partial charge in [0.15, 0.2) is 0 Å². The van der Waals surface area contributed by atoms with Crippen LogP contribution in [0.3, 0.4) is 0 Å². The molecule has 0 spiro atoms. The van der Waals surface area contributed by atoms with Gasteiger partial charge in [0.2, 0.25) is 11.8 Å². The molecule has 0 aliphatic carbocycles. The van der Waals surface area contributed by atoms with Crippen LogP contribution < -0.4 is 10.6 Å². The predicted octanol–water partition coefficient (Wildman–Crippen LogP) is -2.95. The fraction of sp³-hybridized carbons (Fsp3) is 0.800. The van der Waals surface area contributed by atoms with Gasteiger partial charge in [0, 0.05) is 26.4 Å². The summed E-state index contributed by atoms with van der Waals surface area (Å²) in [6.07, 6.45) is -4.81. The number of carboxylic acid groups (broad SMARTS) is 1. The molecule has 6 atom stereocenters. The highest BCUT2D eigenvalue weighted by Gasteiger charge is 2.54. The van der Waals surface area contributed by atoms with Crippen molar-refractivity contribution < 1.29 is 44.7 Å². The third-order valence-electron chi connectivity index (χ3n) is 4.05. The van der Waals surface area contributed by atoms with E-state index in [4.69, 9.17) is 14.9 Å². The van der Waals surface area contributed by atoms with Gasteiger partial charge in [-0.15, -0.1) is 0 Å². The van der Waals surface area contributed by atoms with Crippen LogP contribution in [0.1, 0.15) is 33.1 Å². The second-order valence-corrected chi connectivity index (χ2v) is 6.33. The van der Waals surface area contributed by atoms with Crippen LogP contribution in [0, 0.1) is 0 Å². The van der Waals surface area contributed by atoms with Crippen LogP contribution in [0.2, 0.25) is 0 Å². The molecule has 0 saturated carbocycles. The van der Waals surface area contributed by atoms with Crippen molar-refractivity contribution in [3.05, 3.63) is 0 Å². The molecule has 11 nitrogen and oxygen atoms in total. The lowest BCUT2D eigenvalue weighted by Gasteiger charge is -2.46. The summed E-state index contributed by atoms with van der Waals surface area (Å²) in [5.41, 5.74) is 0. The molecule has 0 aromatic carbocycles. The van der Waals surface area contributed by atoms with Crippen molar-refractivity contribution in [3.63, 3.8) is 0 Å². The first-order valence-electron chi connectivity index (χ1n) is 8.19. The van der Waals surface area contributed by atoms with Crippen molar-refractivity contribution in [2.75, 3.05) is 6.61 Å². The van der Waals surface area contributed by atoms with Gasteiger partial charge in [-0.25, -0.2) is 4.79 Å². The number of aliphatic hydroxyl groups is 4. The van der Waals surface area contributed by atoms with Crippen molar-refractivity contribution in [2.45, 2.75) is 69.3 Å². The second kappa shape index (κ2) is 9.24. The summed E-state index contributed by atoms with van der Waals surface area (Å²) < 4.78 is 5.21. The van der Waals surface area contributed by atoms with Gasteiger partial charge in [-0.1, -0.05) is 0 Å². The number of hydrogen-bond acceptors (Lipinski definition) is 8. The fourth-order valence-electron chi connectivity index (χ4n) is 2.80. The average Bonchev–Trinajstić information content (AvgIpc) is 2.52. The highest BCUT2D eigenvalue weighted by molar-refractivity contribution is 5.77. The molecule has 1 rings (SSSR count). The molecular weight excluding hydrogens is 352 g/mol. The van der Waals surface area contributed by atoms with Crippen molar-refractivity contribution in [1.29, 1.82) is 0 Å². The van der Waals surface area contributed by atoms with Crippen LogP contribution in [-0.4, -0.2) is 86.1 Å². The molecule has 150 valence electrons. The Labute approximate surface area is 150 Å². The molecule has 1 aliphatic heterocycles. The molecule has 11 heteroatoms. The molecular formula is C15H26N2O9. The Morgan fingerprint density at radius 2 is 1.96 bits per heavy atom. The molecule has 26 heavy (non-hydrogen) atoms. The normalized spacial score (nSPS) is 30.9. The van der Waals surface area contributed by atoms with Gasteiger partial charge in [0.25, 0.3) is 5.79 Å². The van der Waals surface area contributed by atoms with Crippen molar-refractivity contribution in [1.82, 2.24) is 10.6 Å². The highest BCUT2D eigenvalue weighted by atomic mass is 16.7. The van der Waals surface area contributed by atoms with Crippen molar-refractivity contribution in [2.24, 2.45) is 0 Å². The standard InChI is InChI=1S/C15H26N2O9/c1-7(19)11(16-8(2)20)13-12(17-10(22)4-3-5-18)9(21)6-15(25,26-13)14(23)24/h7,9,11-13,18-19,21,25H,3-6H2,1-2H3,(H,16,20)(H,17,22)(H,23,24)/t7-,9-,11+,12+,13-,15-/m0/s1. The van der Waals surface area contributed by atoms with Crippen molar-refractivity contribution in [3.8, 4) is 0 Å². The molecule has 0 aromatic rings. The first kappa shape index (κ1) is 22.3. The quantitative estimate of drug-likeness (QED) is 0.232. The molecule has 2 amide bonds. The van der Waals surface area contributed by atoms with E-state index in [2.05, 4.69) is 10.6 Å². The Morgan fingerprint density at radius 1 is 1.35 bits per heavy atom. The molecule has 1 saturated heterocycles. The number of ether oxygens (including phenoxy) is 1. The van der Waals surface area contributed by atoms with Gasteiger partial charge >= 0.3 is 5.97 Å². The van der Waals surface area contributed by atoms with Crippen LogP contribution >= 0.6 is 0 Å². The Morgan fingerprint density at radius 3 is 2.42 bits per heavy atom. The maximum Gasteiger partial charge on any atom is 0.364 e. The van der Waals surface area contributed by atoms with Crippen LogP contribution in [0.4, 0.5) is 0 Å². The number of aliphatic hydroxyl groups excluding tert-OH is 3. The first-order chi connectivity index (χ1) is 12.0. The van der Waals surface area contributed by atoms with Gasteiger partial charge in [0.05, 0.1) is 24.3 Å². The molecule has 0 unspecified atom stereocenters. The van der Waals surface area contributed by atoms with E-state index in [0.29, 0.717) is 0 Å². The smallest absolute Gasteiger partial charge is 0.364 e. The molecule has 7 N–H and O–H groups in total. The summed E-state index contributed by atoms with van der Waals surface area (Å²) in [5.74, 6) is -5.62. The van der Waals surface area contributed by atoms with Crippen LogP contribution in [0.15, 0.2) is 0 Å².